The van der Waals surface area contributed by atoms with Crippen molar-refractivity contribution in [2.75, 3.05) is 0 Å². The van der Waals surface area contributed by atoms with Crippen molar-refractivity contribution in [2.45, 2.75) is 0 Å². The Hall–Kier alpha value is -6.78. The van der Waals surface area contributed by atoms with Crippen molar-refractivity contribution >= 4 is 43.7 Å². The van der Waals surface area contributed by atoms with E-state index in [1.54, 1.807) is 0 Å². The fourth-order valence-corrected chi connectivity index (χ4v) is 7.28. The van der Waals surface area contributed by atoms with Crippen molar-refractivity contribution in [3.8, 4) is 50.7 Å². The summed E-state index contributed by atoms with van der Waals surface area (Å²) in [4.78, 5) is 10.3. The summed E-state index contributed by atoms with van der Waals surface area (Å²) in [5, 5.41) is 4.52. The molecule has 0 fully saturated rings. The van der Waals surface area contributed by atoms with Crippen LogP contribution in [-0.2, 0) is 0 Å². The highest BCUT2D eigenvalue weighted by Crippen LogP contribution is 2.41. The number of furan rings is 1. The number of para-hydroxylation sites is 1. The molecule has 0 bridgehead atoms. The van der Waals surface area contributed by atoms with Crippen LogP contribution < -0.4 is 0 Å². The van der Waals surface area contributed by atoms with Crippen LogP contribution in [0.25, 0.3) is 94.5 Å². The molecule has 0 saturated carbocycles. The highest BCUT2D eigenvalue weighted by atomic mass is 16.3. The van der Waals surface area contributed by atoms with Crippen molar-refractivity contribution in [2.24, 2.45) is 0 Å². The van der Waals surface area contributed by atoms with Crippen molar-refractivity contribution in [3.05, 3.63) is 176 Å². The van der Waals surface area contributed by atoms with Crippen molar-refractivity contribution in [1.82, 2.24) is 14.5 Å². The third kappa shape index (κ3) is 4.61. The topological polar surface area (TPSA) is 43.9 Å². The molecule has 4 nitrogen and oxygen atoms in total. The normalized spacial score (nSPS) is 11.6. The number of fused-ring (bicyclic) bond motifs is 6. The number of aromatic nitrogens is 3. The minimum Gasteiger partial charge on any atom is -0.456 e. The van der Waals surface area contributed by atoms with Gasteiger partial charge in [0.25, 0.3) is 0 Å². The van der Waals surface area contributed by atoms with Crippen LogP contribution in [0.15, 0.2) is 180 Å². The van der Waals surface area contributed by atoms with Gasteiger partial charge in [0.1, 0.15) is 11.2 Å². The monoisotopic (exact) mass is 639 g/mol. The van der Waals surface area contributed by atoms with Gasteiger partial charge in [-0.15, -0.1) is 0 Å². The molecule has 0 amide bonds. The van der Waals surface area contributed by atoms with Gasteiger partial charge in [-0.25, -0.2) is 9.97 Å². The molecule has 10 aromatic rings. The summed E-state index contributed by atoms with van der Waals surface area (Å²) in [5.74, 6) is 0.704. The first kappa shape index (κ1) is 28.3. The van der Waals surface area contributed by atoms with E-state index in [1.165, 1.54) is 16.5 Å². The molecule has 0 radical (unpaired) electrons. The molecule has 0 saturated heterocycles. The molecule has 10 rings (SSSR count). The van der Waals surface area contributed by atoms with E-state index in [2.05, 4.69) is 150 Å². The molecule has 234 valence electrons. The SMILES string of the molecule is c1ccc(-c2ccc3oc4ccc(-n5c6ccccc6c6c(-c7cc(-c8ccccc8)nc(-c8ccccc8)n7)cccc65)cc4c3c2)cc1. The van der Waals surface area contributed by atoms with Crippen LogP contribution in [-0.4, -0.2) is 14.5 Å². The molecule has 7 aromatic carbocycles. The number of hydrogen-bond donors (Lipinski definition) is 0. The van der Waals surface area contributed by atoms with Gasteiger partial charge in [-0.2, -0.15) is 0 Å². The first-order chi connectivity index (χ1) is 24.8. The van der Waals surface area contributed by atoms with Gasteiger partial charge in [-0.05, 0) is 59.7 Å². The zero-order chi connectivity index (χ0) is 33.0. The Balaban J connectivity index is 1.20. The van der Waals surface area contributed by atoms with E-state index in [0.717, 1.165) is 72.1 Å². The Labute approximate surface area is 288 Å². The molecule has 3 aromatic heterocycles. The van der Waals surface area contributed by atoms with Crippen LogP contribution in [0.5, 0.6) is 0 Å². The Bertz CT molecular complexity index is 2800. The maximum atomic E-state index is 6.34. The second-order valence-electron chi connectivity index (χ2n) is 12.6. The molecule has 3 heterocycles. The van der Waals surface area contributed by atoms with Crippen molar-refractivity contribution < 1.29 is 4.42 Å². The molecule has 0 N–H and O–H groups in total. The first-order valence-electron chi connectivity index (χ1n) is 16.8. The Morgan fingerprint density at radius 3 is 1.80 bits per heavy atom. The lowest BCUT2D eigenvalue weighted by molar-refractivity contribution is 0.669. The molecule has 0 aliphatic carbocycles. The zero-order valence-corrected chi connectivity index (χ0v) is 27.0. The number of hydrogen-bond acceptors (Lipinski definition) is 3. The summed E-state index contributed by atoms with van der Waals surface area (Å²) in [5.41, 5.74) is 12.3. The summed E-state index contributed by atoms with van der Waals surface area (Å²) in [7, 11) is 0. The van der Waals surface area contributed by atoms with Gasteiger partial charge in [-0.1, -0.05) is 127 Å². The van der Waals surface area contributed by atoms with E-state index in [9.17, 15) is 0 Å². The lowest BCUT2D eigenvalue weighted by atomic mass is 10.0. The number of nitrogens with zero attached hydrogens (tertiary/aromatic N) is 3. The highest BCUT2D eigenvalue weighted by molar-refractivity contribution is 6.16. The molecular formula is C46H29N3O. The van der Waals surface area contributed by atoms with Gasteiger partial charge in [0.15, 0.2) is 5.82 Å². The lowest BCUT2D eigenvalue weighted by Gasteiger charge is -2.11. The Kier molecular flexibility index (Phi) is 6.46. The third-order valence-electron chi connectivity index (χ3n) is 9.62. The van der Waals surface area contributed by atoms with Crippen molar-refractivity contribution in [3.63, 3.8) is 0 Å². The molecule has 0 aliphatic heterocycles. The second-order valence-corrected chi connectivity index (χ2v) is 12.6. The third-order valence-corrected chi connectivity index (χ3v) is 9.62. The predicted octanol–water partition coefficient (Wildman–Crippen LogP) is 12.1. The summed E-state index contributed by atoms with van der Waals surface area (Å²) < 4.78 is 8.71. The van der Waals surface area contributed by atoms with Gasteiger partial charge >= 0.3 is 0 Å². The van der Waals surface area contributed by atoms with Crippen LogP contribution in [0.2, 0.25) is 0 Å². The summed E-state index contributed by atoms with van der Waals surface area (Å²) in [6.45, 7) is 0. The van der Waals surface area contributed by atoms with Gasteiger partial charge in [0.2, 0.25) is 0 Å². The fourth-order valence-electron chi connectivity index (χ4n) is 7.28. The average Bonchev–Trinajstić information content (AvgIpc) is 3.74. The Morgan fingerprint density at radius 2 is 1.02 bits per heavy atom. The summed E-state index contributed by atoms with van der Waals surface area (Å²) in [6.07, 6.45) is 0. The maximum Gasteiger partial charge on any atom is 0.160 e. The van der Waals surface area contributed by atoms with Gasteiger partial charge in [0.05, 0.1) is 22.4 Å². The van der Waals surface area contributed by atoms with E-state index < -0.39 is 0 Å². The molecule has 4 heteroatoms. The average molecular weight is 640 g/mol. The van der Waals surface area contributed by atoms with Crippen molar-refractivity contribution in [1.29, 1.82) is 0 Å². The standard InChI is InChI=1S/C46H29N3O/c1-4-13-30(14-5-1)33-23-25-43-37(27-33)38-28-34(24-26-44(38)50-43)49-41-21-11-10-19-36(41)45-35(20-12-22-42(45)49)40-29-39(31-15-6-2-7-16-31)47-46(48-40)32-17-8-3-9-18-32/h1-29H. The molecule has 0 unspecified atom stereocenters. The van der Waals surface area contributed by atoms with E-state index in [4.69, 9.17) is 14.4 Å². The maximum absolute atomic E-state index is 6.34. The van der Waals surface area contributed by atoms with Crippen LogP contribution in [0.1, 0.15) is 0 Å². The van der Waals surface area contributed by atoms with Crippen LogP contribution in [0.3, 0.4) is 0 Å². The van der Waals surface area contributed by atoms with E-state index in [-0.39, 0.29) is 0 Å². The smallest absolute Gasteiger partial charge is 0.160 e. The van der Waals surface area contributed by atoms with Gasteiger partial charge in [0, 0.05) is 43.9 Å². The molecular weight excluding hydrogens is 611 g/mol. The van der Waals surface area contributed by atoms with Crippen LogP contribution >= 0.6 is 0 Å². The van der Waals surface area contributed by atoms with Crippen LogP contribution in [0, 0.1) is 0 Å². The molecule has 0 aliphatic rings. The first-order valence-corrected chi connectivity index (χ1v) is 16.8. The summed E-state index contributed by atoms with van der Waals surface area (Å²) in [6, 6.07) is 61.3. The number of rotatable bonds is 5. The second kappa shape index (κ2) is 11.4. The fraction of sp³-hybridized carbons (Fsp3) is 0. The zero-order valence-electron chi connectivity index (χ0n) is 27.0. The van der Waals surface area contributed by atoms with E-state index in [0.29, 0.717) is 5.82 Å². The largest absolute Gasteiger partial charge is 0.456 e. The van der Waals surface area contributed by atoms with Gasteiger partial charge < -0.3 is 8.98 Å². The van der Waals surface area contributed by atoms with E-state index >= 15 is 0 Å². The lowest BCUT2D eigenvalue weighted by Crippen LogP contribution is -1.96. The molecule has 0 atom stereocenters. The van der Waals surface area contributed by atoms with Gasteiger partial charge in [-0.3, -0.25) is 0 Å². The molecule has 0 spiro atoms. The van der Waals surface area contributed by atoms with Crippen LogP contribution in [0.4, 0.5) is 0 Å². The minimum atomic E-state index is 0.704. The minimum absolute atomic E-state index is 0.704. The predicted molar refractivity (Wildman–Crippen MR) is 205 cm³/mol. The highest BCUT2D eigenvalue weighted by Gasteiger charge is 2.19. The number of benzene rings is 7. The Morgan fingerprint density at radius 1 is 0.400 bits per heavy atom. The molecule has 50 heavy (non-hydrogen) atoms. The van der Waals surface area contributed by atoms with E-state index in [1.807, 2.05) is 30.3 Å². The summed E-state index contributed by atoms with van der Waals surface area (Å²) >= 11 is 0. The quantitative estimate of drug-likeness (QED) is 0.188.